The highest BCUT2D eigenvalue weighted by molar-refractivity contribution is 6.33. The number of aliphatic hydroxyl groups is 1. The molecule has 1 aliphatic heterocycles. The van der Waals surface area contributed by atoms with Crippen LogP contribution in [0, 0.1) is 0 Å². The van der Waals surface area contributed by atoms with E-state index < -0.39 is 0 Å². The third-order valence-electron chi connectivity index (χ3n) is 3.28. The second-order valence-corrected chi connectivity index (χ2v) is 4.81. The van der Waals surface area contributed by atoms with E-state index in [9.17, 15) is 9.90 Å². The fourth-order valence-electron chi connectivity index (χ4n) is 2.29. The van der Waals surface area contributed by atoms with E-state index in [-0.39, 0.29) is 12.5 Å². The second kappa shape index (κ2) is 5.59. The second-order valence-electron chi connectivity index (χ2n) is 4.40. The minimum Gasteiger partial charge on any atom is -0.392 e. The number of aliphatic hydroxyl groups excluding tert-OH is 1. The average Bonchev–Trinajstić information content (AvgIpc) is 2.38. The average molecular weight is 269 g/mol. The number of amides is 1. The zero-order chi connectivity index (χ0) is 13.1. The molecule has 1 N–H and O–H groups in total. The van der Waals surface area contributed by atoms with Crippen LogP contribution in [0.5, 0.6) is 0 Å². The van der Waals surface area contributed by atoms with E-state index in [0.717, 1.165) is 24.3 Å². The molecule has 0 aliphatic carbocycles. The summed E-state index contributed by atoms with van der Waals surface area (Å²) in [7, 11) is 0. The summed E-state index contributed by atoms with van der Waals surface area (Å²) in [5, 5.41) is 10.0. The molecular formula is C13H17ClN2O2. The van der Waals surface area contributed by atoms with Gasteiger partial charge in [-0.3, -0.25) is 4.79 Å². The minimum atomic E-state index is -0.0250. The number of benzene rings is 1. The number of piperazine rings is 1. The van der Waals surface area contributed by atoms with Gasteiger partial charge in [-0.1, -0.05) is 23.7 Å². The van der Waals surface area contributed by atoms with Crippen LogP contribution in [0.15, 0.2) is 18.2 Å². The van der Waals surface area contributed by atoms with E-state index >= 15 is 0 Å². The van der Waals surface area contributed by atoms with Crippen LogP contribution in [0.4, 0.5) is 5.69 Å². The van der Waals surface area contributed by atoms with Crippen molar-refractivity contribution < 1.29 is 9.90 Å². The summed E-state index contributed by atoms with van der Waals surface area (Å²) in [4.78, 5) is 15.2. The molecular weight excluding hydrogens is 252 g/mol. The highest BCUT2D eigenvalue weighted by atomic mass is 35.5. The van der Waals surface area contributed by atoms with Gasteiger partial charge >= 0.3 is 0 Å². The molecule has 5 heteroatoms. The first-order valence-corrected chi connectivity index (χ1v) is 6.40. The Hall–Kier alpha value is -1.26. The normalized spacial score (nSPS) is 15.9. The summed E-state index contributed by atoms with van der Waals surface area (Å²) in [6.07, 6.45) is 0. The Morgan fingerprint density at radius 3 is 2.56 bits per heavy atom. The van der Waals surface area contributed by atoms with Gasteiger partial charge in [0.15, 0.2) is 0 Å². The topological polar surface area (TPSA) is 43.8 Å². The fraction of sp³-hybridized carbons (Fsp3) is 0.462. The molecule has 1 amide bonds. The Balaban J connectivity index is 2.17. The van der Waals surface area contributed by atoms with E-state index in [4.69, 9.17) is 11.6 Å². The lowest BCUT2D eigenvalue weighted by Crippen LogP contribution is -2.48. The van der Waals surface area contributed by atoms with Crippen molar-refractivity contribution in [3.63, 3.8) is 0 Å². The van der Waals surface area contributed by atoms with Crippen LogP contribution in [0.2, 0.25) is 5.02 Å². The van der Waals surface area contributed by atoms with Crippen molar-refractivity contribution in [1.29, 1.82) is 0 Å². The quantitative estimate of drug-likeness (QED) is 0.884. The van der Waals surface area contributed by atoms with Gasteiger partial charge in [0.2, 0.25) is 5.91 Å². The molecule has 98 valence electrons. The molecule has 0 saturated carbocycles. The van der Waals surface area contributed by atoms with Crippen LogP contribution in [-0.2, 0) is 11.4 Å². The first-order valence-electron chi connectivity index (χ1n) is 6.02. The Morgan fingerprint density at radius 2 is 2.00 bits per heavy atom. The first-order chi connectivity index (χ1) is 8.63. The highest BCUT2D eigenvalue weighted by Gasteiger charge is 2.21. The number of nitrogens with zero attached hydrogens (tertiary/aromatic N) is 2. The summed E-state index contributed by atoms with van der Waals surface area (Å²) in [5.74, 6) is 0.108. The Kier molecular flexibility index (Phi) is 4.09. The lowest BCUT2D eigenvalue weighted by Gasteiger charge is -2.36. The number of para-hydroxylation sites is 1. The molecule has 18 heavy (non-hydrogen) atoms. The fourth-order valence-corrected chi connectivity index (χ4v) is 2.60. The molecule has 0 radical (unpaired) electrons. The third-order valence-corrected chi connectivity index (χ3v) is 3.59. The van der Waals surface area contributed by atoms with Crippen LogP contribution in [-0.4, -0.2) is 42.1 Å². The van der Waals surface area contributed by atoms with Crippen molar-refractivity contribution in [2.75, 3.05) is 31.1 Å². The summed E-state index contributed by atoms with van der Waals surface area (Å²) < 4.78 is 0. The van der Waals surface area contributed by atoms with Gasteiger partial charge in [0.1, 0.15) is 0 Å². The monoisotopic (exact) mass is 268 g/mol. The van der Waals surface area contributed by atoms with Crippen LogP contribution >= 0.6 is 11.6 Å². The molecule has 1 heterocycles. The van der Waals surface area contributed by atoms with Gasteiger partial charge in [-0.15, -0.1) is 0 Å². The van der Waals surface area contributed by atoms with Crippen molar-refractivity contribution in [2.45, 2.75) is 13.5 Å². The van der Waals surface area contributed by atoms with Crippen LogP contribution in [0.1, 0.15) is 12.5 Å². The highest BCUT2D eigenvalue weighted by Crippen LogP contribution is 2.30. The lowest BCUT2D eigenvalue weighted by atomic mass is 10.1. The first kappa shape index (κ1) is 13.2. The number of rotatable bonds is 2. The van der Waals surface area contributed by atoms with E-state index in [1.54, 1.807) is 6.92 Å². The number of carbonyl (C=O) groups is 1. The Bertz CT molecular complexity index is 443. The van der Waals surface area contributed by atoms with Crippen LogP contribution < -0.4 is 4.90 Å². The van der Waals surface area contributed by atoms with Gasteiger partial charge in [0.25, 0.3) is 0 Å². The van der Waals surface area contributed by atoms with Crippen molar-refractivity contribution in [1.82, 2.24) is 4.90 Å². The molecule has 4 nitrogen and oxygen atoms in total. The summed E-state index contributed by atoms with van der Waals surface area (Å²) in [6, 6.07) is 5.54. The largest absolute Gasteiger partial charge is 0.392 e. The van der Waals surface area contributed by atoms with Gasteiger partial charge in [0.05, 0.1) is 17.3 Å². The number of carbonyl (C=O) groups excluding carboxylic acids is 1. The van der Waals surface area contributed by atoms with Gasteiger partial charge in [-0.25, -0.2) is 0 Å². The molecule has 0 unspecified atom stereocenters. The van der Waals surface area contributed by atoms with Gasteiger partial charge < -0.3 is 14.9 Å². The van der Waals surface area contributed by atoms with E-state index in [1.807, 2.05) is 23.1 Å². The number of hydrogen-bond donors (Lipinski definition) is 1. The SMILES string of the molecule is CC(=O)N1CCN(c2c(Cl)cccc2CO)CC1. The van der Waals surface area contributed by atoms with Crippen molar-refractivity contribution in [3.05, 3.63) is 28.8 Å². The Morgan fingerprint density at radius 1 is 1.33 bits per heavy atom. The molecule has 0 aromatic heterocycles. The van der Waals surface area contributed by atoms with Crippen molar-refractivity contribution >= 4 is 23.2 Å². The predicted molar refractivity (Wildman–Crippen MR) is 71.8 cm³/mol. The molecule has 1 aromatic carbocycles. The molecule has 1 saturated heterocycles. The predicted octanol–water partition coefficient (Wildman–Crippen LogP) is 1.50. The maximum Gasteiger partial charge on any atom is 0.219 e. The molecule has 1 aromatic rings. The molecule has 1 fully saturated rings. The zero-order valence-electron chi connectivity index (χ0n) is 10.4. The maximum atomic E-state index is 11.3. The molecule has 2 rings (SSSR count). The Labute approximate surface area is 112 Å². The third kappa shape index (κ3) is 2.60. The molecule has 0 atom stereocenters. The van der Waals surface area contributed by atoms with Crippen LogP contribution in [0.25, 0.3) is 0 Å². The number of halogens is 1. The van der Waals surface area contributed by atoms with E-state index in [2.05, 4.69) is 4.90 Å². The van der Waals surface area contributed by atoms with Crippen LogP contribution in [0.3, 0.4) is 0 Å². The van der Waals surface area contributed by atoms with E-state index in [0.29, 0.717) is 18.1 Å². The van der Waals surface area contributed by atoms with Gasteiger partial charge in [-0.05, 0) is 6.07 Å². The number of hydrogen-bond acceptors (Lipinski definition) is 3. The van der Waals surface area contributed by atoms with Crippen molar-refractivity contribution in [2.24, 2.45) is 0 Å². The maximum absolute atomic E-state index is 11.3. The zero-order valence-corrected chi connectivity index (χ0v) is 11.2. The summed E-state index contributed by atoms with van der Waals surface area (Å²) in [5.41, 5.74) is 1.73. The summed E-state index contributed by atoms with van der Waals surface area (Å²) >= 11 is 6.21. The van der Waals surface area contributed by atoms with Gasteiger partial charge in [-0.2, -0.15) is 0 Å². The van der Waals surface area contributed by atoms with E-state index in [1.165, 1.54) is 0 Å². The minimum absolute atomic E-state index is 0.0250. The lowest BCUT2D eigenvalue weighted by molar-refractivity contribution is -0.129. The number of anilines is 1. The van der Waals surface area contributed by atoms with Gasteiger partial charge in [0, 0.05) is 38.7 Å². The molecule has 0 spiro atoms. The van der Waals surface area contributed by atoms with Crippen molar-refractivity contribution in [3.8, 4) is 0 Å². The smallest absolute Gasteiger partial charge is 0.219 e. The standard InChI is InChI=1S/C13H17ClN2O2/c1-10(18)15-5-7-16(8-6-15)13-11(9-17)3-2-4-12(13)14/h2-4,17H,5-9H2,1H3. The molecule has 1 aliphatic rings. The summed E-state index contributed by atoms with van der Waals surface area (Å²) in [6.45, 7) is 4.45. The molecule has 0 bridgehead atoms.